The molecular formula is C39H40N2O2. The topological polar surface area (TPSA) is 32.8 Å². The van der Waals surface area contributed by atoms with Crippen LogP contribution in [0.25, 0.3) is 0 Å². The van der Waals surface area contributed by atoms with Crippen molar-refractivity contribution in [3.05, 3.63) is 138 Å². The number of carbonyl (C=O) groups is 1. The quantitative estimate of drug-likeness (QED) is 0.131. The lowest BCUT2D eigenvalue weighted by atomic mass is 10.1. The van der Waals surface area contributed by atoms with Crippen LogP contribution in [0.4, 0.5) is 34.1 Å². The number of nitrogens with zero attached hydrogens (tertiary/aromatic N) is 2. The molecule has 1 unspecified atom stereocenters. The van der Waals surface area contributed by atoms with Crippen LogP contribution < -0.4 is 14.5 Å². The molecule has 0 aliphatic heterocycles. The van der Waals surface area contributed by atoms with Gasteiger partial charge in [-0.15, -0.1) is 0 Å². The Hall–Kier alpha value is -4.83. The molecule has 0 aromatic heterocycles. The molecule has 0 spiro atoms. The largest absolute Gasteiger partial charge is 0.426 e. The highest BCUT2D eigenvalue weighted by Gasteiger charge is 2.21. The van der Waals surface area contributed by atoms with Crippen molar-refractivity contribution in [2.45, 2.75) is 48.0 Å². The van der Waals surface area contributed by atoms with Gasteiger partial charge in [0, 0.05) is 34.9 Å². The third-order valence-corrected chi connectivity index (χ3v) is 7.67. The molecule has 0 amide bonds. The van der Waals surface area contributed by atoms with Gasteiger partial charge in [-0.05, 0) is 111 Å². The molecule has 218 valence electrons. The van der Waals surface area contributed by atoms with Gasteiger partial charge in [0.1, 0.15) is 5.75 Å². The first-order chi connectivity index (χ1) is 20.7. The Morgan fingerprint density at radius 2 is 0.907 bits per heavy atom. The second-order valence-corrected chi connectivity index (χ2v) is 11.4. The first kappa shape index (κ1) is 29.7. The van der Waals surface area contributed by atoms with E-state index in [0.29, 0.717) is 12.2 Å². The van der Waals surface area contributed by atoms with Crippen molar-refractivity contribution in [2.75, 3.05) is 9.80 Å². The monoisotopic (exact) mass is 568 g/mol. The number of esters is 1. The van der Waals surface area contributed by atoms with Crippen LogP contribution >= 0.6 is 0 Å². The minimum absolute atomic E-state index is 0.207. The number of rotatable bonds is 9. The summed E-state index contributed by atoms with van der Waals surface area (Å²) in [5.74, 6) is 0.0655. The fourth-order valence-electron chi connectivity index (χ4n) is 5.23. The van der Waals surface area contributed by atoms with Crippen LogP contribution in [-0.2, 0) is 4.79 Å². The molecule has 4 heteroatoms. The van der Waals surface area contributed by atoms with E-state index in [1.54, 1.807) is 0 Å². The summed E-state index contributed by atoms with van der Waals surface area (Å²) >= 11 is 0. The zero-order chi connectivity index (χ0) is 30.5. The average Bonchev–Trinajstić information content (AvgIpc) is 2.97. The fraction of sp³-hybridized carbons (Fsp3) is 0.205. The summed E-state index contributed by atoms with van der Waals surface area (Å²) in [4.78, 5) is 17.6. The normalized spacial score (nSPS) is 11.6. The summed E-state index contributed by atoms with van der Waals surface area (Å²) in [6.45, 7) is 12.3. The van der Waals surface area contributed by atoms with Gasteiger partial charge in [-0.1, -0.05) is 62.4 Å². The lowest BCUT2D eigenvalue weighted by molar-refractivity contribution is -0.138. The van der Waals surface area contributed by atoms with Gasteiger partial charge >= 0.3 is 5.97 Å². The molecule has 43 heavy (non-hydrogen) atoms. The van der Waals surface area contributed by atoms with Crippen molar-refractivity contribution in [3.63, 3.8) is 0 Å². The van der Waals surface area contributed by atoms with E-state index in [4.69, 9.17) is 4.74 Å². The van der Waals surface area contributed by atoms with Crippen LogP contribution in [0.2, 0.25) is 0 Å². The van der Waals surface area contributed by atoms with E-state index in [0.717, 1.165) is 56.4 Å². The Kier molecular flexibility index (Phi) is 8.96. The van der Waals surface area contributed by atoms with Crippen LogP contribution in [-0.4, -0.2) is 5.97 Å². The molecular weight excluding hydrogens is 528 g/mol. The third kappa shape index (κ3) is 6.98. The second-order valence-electron chi connectivity index (χ2n) is 11.4. The van der Waals surface area contributed by atoms with Crippen LogP contribution in [0.15, 0.2) is 115 Å². The molecule has 0 saturated heterocycles. The minimum Gasteiger partial charge on any atom is -0.426 e. The maximum absolute atomic E-state index is 13.1. The molecule has 5 aromatic rings. The van der Waals surface area contributed by atoms with E-state index < -0.39 is 0 Å². The van der Waals surface area contributed by atoms with Crippen LogP contribution in [0, 0.1) is 33.6 Å². The summed E-state index contributed by atoms with van der Waals surface area (Å²) in [7, 11) is 0. The van der Waals surface area contributed by atoms with Crippen molar-refractivity contribution in [1.82, 2.24) is 0 Å². The van der Waals surface area contributed by atoms with Crippen LogP contribution in [0.5, 0.6) is 5.75 Å². The van der Waals surface area contributed by atoms with Crippen molar-refractivity contribution in [3.8, 4) is 5.75 Å². The van der Waals surface area contributed by atoms with Gasteiger partial charge < -0.3 is 14.5 Å². The van der Waals surface area contributed by atoms with Crippen LogP contribution in [0.3, 0.4) is 0 Å². The Bertz CT molecular complexity index is 1540. The summed E-state index contributed by atoms with van der Waals surface area (Å²) < 4.78 is 6.09. The lowest BCUT2D eigenvalue weighted by Gasteiger charge is -2.30. The first-order valence-electron chi connectivity index (χ1n) is 15.0. The average molecular weight is 569 g/mol. The van der Waals surface area contributed by atoms with E-state index in [-0.39, 0.29) is 11.9 Å². The molecule has 5 aromatic carbocycles. The van der Waals surface area contributed by atoms with Gasteiger partial charge in [-0.2, -0.15) is 0 Å². The second kappa shape index (κ2) is 13.0. The summed E-state index contributed by atoms with van der Waals surface area (Å²) in [5, 5.41) is 0. The van der Waals surface area contributed by atoms with Crippen molar-refractivity contribution in [2.24, 2.45) is 5.92 Å². The number of hydrogen-bond acceptors (Lipinski definition) is 4. The number of benzene rings is 5. The number of anilines is 6. The molecule has 0 radical (unpaired) electrons. The van der Waals surface area contributed by atoms with E-state index >= 15 is 0 Å². The first-order valence-corrected chi connectivity index (χ1v) is 15.0. The number of aryl methyl sites for hydroxylation is 4. The van der Waals surface area contributed by atoms with Gasteiger partial charge in [0.2, 0.25) is 0 Å². The highest BCUT2D eigenvalue weighted by atomic mass is 16.5. The van der Waals surface area contributed by atoms with Crippen LogP contribution in [0.1, 0.15) is 42.5 Å². The molecule has 0 aliphatic rings. The van der Waals surface area contributed by atoms with E-state index in [9.17, 15) is 4.79 Å². The fourth-order valence-corrected chi connectivity index (χ4v) is 5.23. The highest BCUT2D eigenvalue weighted by Crippen LogP contribution is 2.43. The summed E-state index contributed by atoms with van der Waals surface area (Å²) in [5.41, 5.74) is 10.5. The van der Waals surface area contributed by atoms with E-state index in [1.807, 2.05) is 26.0 Å². The number of ether oxygens (including phenoxy) is 1. The Morgan fingerprint density at radius 1 is 0.558 bits per heavy atom. The smallest absolute Gasteiger partial charge is 0.314 e. The summed E-state index contributed by atoms with van der Waals surface area (Å²) in [6.07, 6.45) is 0.711. The SMILES string of the molecule is CCC(C)C(=O)Oc1cc(N(c2cccc(C)c2)c2cccc(C)c2)cc(N(c2cccc(C)c2)c2cccc(C)c2)c1. The maximum Gasteiger partial charge on any atom is 0.314 e. The molecule has 0 bridgehead atoms. The number of hydrogen-bond donors (Lipinski definition) is 0. The minimum atomic E-state index is -0.235. The van der Waals surface area contributed by atoms with Crippen molar-refractivity contribution < 1.29 is 9.53 Å². The van der Waals surface area contributed by atoms with Gasteiger partial charge in [0.25, 0.3) is 0 Å². The lowest BCUT2D eigenvalue weighted by Crippen LogP contribution is -2.18. The van der Waals surface area contributed by atoms with Crippen molar-refractivity contribution >= 4 is 40.1 Å². The zero-order valence-electron chi connectivity index (χ0n) is 26.0. The number of carbonyl (C=O) groups excluding carboxylic acids is 1. The molecule has 5 rings (SSSR count). The Morgan fingerprint density at radius 3 is 1.21 bits per heavy atom. The molecule has 0 N–H and O–H groups in total. The zero-order valence-corrected chi connectivity index (χ0v) is 26.0. The molecule has 0 saturated carbocycles. The van der Waals surface area contributed by atoms with Gasteiger partial charge in [-0.3, -0.25) is 4.79 Å². The standard InChI is InChI=1S/C39H40N2O2/c1-7-31(6)39(42)43-38-25-36(40(32-16-8-12-27(2)20-32)33-17-9-13-28(3)21-33)24-37(26-38)41(34-18-10-14-29(4)22-34)35-19-11-15-30(5)23-35/h8-26,31H,7H2,1-6H3. The molecule has 0 heterocycles. The molecule has 0 fully saturated rings. The third-order valence-electron chi connectivity index (χ3n) is 7.67. The van der Waals surface area contributed by atoms with Gasteiger partial charge in [0.05, 0.1) is 17.3 Å². The van der Waals surface area contributed by atoms with Gasteiger partial charge in [0.15, 0.2) is 0 Å². The Balaban J connectivity index is 1.78. The Labute approximate surface area is 256 Å². The van der Waals surface area contributed by atoms with E-state index in [1.165, 1.54) is 0 Å². The molecule has 0 aliphatic carbocycles. The van der Waals surface area contributed by atoms with Gasteiger partial charge in [-0.25, -0.2) is 0 Å². The predicted molar refractivity (Wildman–Crippen MR) is 180 cm³/mol. The van der Waals surface area contributed by atoms with E-state index in [2.05, 4.69) is 141 Å². The predicted octanol–water partition coefficient (Wildman–Crippen LogP) is 10.8. The maximum atomic E-state index is 13.1. The summed E-state index contributed by atoms with van der Waals surface area (Å²) in [6, 6.07) is 40.0. The van der Waals surface area contributed by atoms with Crippen molar-refractivity contribution in [1.29, 1.82) is 0 Å². The highest BCUT2D eigenvalue weighted by molar-refractivity contribution is 5.85. The molecule has 1 atom stereocenters. The molecule has 4 nitrogen and oxygen atoms in total.